The molecule has 0 bridgehead atoms. The fourth-order valence-electron chi connectivity index (χ4n) is 2.44. The van der Waals surface area contributed by atoms with E-state index < -0.39 is 29.0 Å². The summed E-state index contributed by atoms with van der Waals surface area (Å²) in [4.78, 5) is 24.8. The number of amides is 2. The molecule has 1 saturated heterocycles. The van der Waals surface area contributed by atoms with Crippen molar-refractivity contribution in [3.8, 4) is 0 Å². The van der Waals surface area contributed by atoms with Crippen LogP contribution in [0.15, 0.2) is 12.1 Å². The molecule has 1 aromatic rings. The summed E-state index contributed by atoms with van der Waals surface area (Å²) in [6.45, 7) is 2.22. The van der Waals surface area contributed by atoms with Gasteiger partial charge in [0.1, 0.15) is 17.2 Å². The van der Waals surface area contributed by atoms with Gasteiger partial charge < -0.3 is 16.0 Å². The van der Waals surface area contributed by atoms with Crippen molar-refractivity contribution in [1.82, 2.24) is 10.2 Å². The van der Waals surface area contributed by atoms with Crippen LogP contribution >= 0.6 is 0 Å². The minimum Gasteiger partial charge on any atom is -0.368 e. The number of nitrogens with one attached hydrogen (secondary N) is 1. The highest BCUT2D eigenvalue weighted by molar-refractivity contribution is 5.97. The number of benzene rings is 1. The van der Waals surface area contributed by atoms with Gasteiger partial charge in [0.25, 0.3) is 5.91 Å². The molecule has 2 rings (SSSR count). The van der Waals surface area contributed by atoms with E-state index in [1.54, 1.807) is 0 Å². The van der Waals surface area contributed by atoms with E-state index in [2.05, 4.69) is 5.32 Å². The van der Waals surface area contributed by atoms with Crippen LogP contribution in [0.2, 0.25) is 0 Å². The largest absolute Gasteiger partial charge is 0.368 e. The molecule has 2 amide bonds. The zero-order valence-corrected chi connectivity index (χ0v) is 11.7. The van der Waals surface area contributed by atoms with Gasteiger partial charge in [-0.05, 0) is 31.5 Å². The summed E-state index contributed by atoms with van der Waals surface area (Å²) >= 11 is 0. The van der Waals surface area contributed by atoms with Crippen LogP contribution in [0.25, 0.3) is 0 Å². The summed E-state index contributed by atoms with van der Waals surface area (Å²) in [5.74, 6) is -3.41. The normalized spacial score (nSPS) is 17.8. The number of halogens is 2. The summed E-state index contributed by atoms with van der Waals surface area (Å²) in [5.41, 5.74) is 4.68. The van der Waals surface area contributed by atoms with Gasteiger partial charge in [0.05, 0.1) is 6.54 Å². The molecule has 1 aromatic carbocycles. The maximum atomic E-state index is 14.1. The van der Waals surface area contributed by atoms with E-state index in [1.165, 1.54) is 13.0 Å². The van der Waals surface area contributed by atoms with E-state index >= 15 is 0 Å². The minimum absolute atomic E-state index is 0.170. The predicted molar refractivity (Wildman–Crippen MR) is 72.6 cm³/mol. The van der Waals surface area contributed by atoms with E-state index in [1.807, 2.05) is 0 Å². The monoisotopic (exact) mass is 297 g/mol. The highest BCUT2D eigenvalue weighted by Crippen LogP contribution is 2.20. The van der Waals surface area contributed by atoms with Crippen molar-refractivity contribution in [3.05, 3.63) is 34.9 Å². The maximum Gasteiger partial charge on any atom is 0.260 e. The summed E-state index contributed by atoms with van der Waals surface area (Å²) in [6, 6.07) is 2.00. The first kappa shape index (κ1) is 15.4. The Balaban J connectivity index is 2.38. The maximum absolute atomic E-state index is 14.1. The number of nitrogens with zero attached hydrogens (tertiary/aromatic N) is 1. The van der Waals surface area contributed by atoms with Gasteiger partial charge in [-0.25, -0.2) is 8.78 Å². The molecule has 1 fully saturated rings. The molecule has 1 heterocycles. The average molecular weight is 297 g/mol. The van der Waals surface area contributed by atoms with Crippen LogP contribution in [0.1, 0.15) is 22.3 Å². The number of aryl methyl sites for hydroxylation is 1. The fraction of sp³-hybridized carbons (Fsp3) is 0.429. The van der Waals surface area contributed by atoms with Crippen molar-refractivity contribution in [2.45, 2.75) is 19.4 Å². The van der Waals surface area contributed by atoms with Crippen molar-refractivity contribution in [3.63, 3.8) is 0 Å². The van der Waals surface area contributed by atoms with Gasteiger partial charge in [-0.1, -0.05) is 6.07 Å². The second kappa shape index (κ2) is 6.17. The van der Waals surface area contributed by atoms with E-state index in [0.29, 0.717) is 19.5 Å². The molecule has 1 aliphatic heterocycles. The van der Waals surface area contributed by atoms with Crippen molar-refractivity contribution in [1.29, 1.82) is 0 Å². The first-order valence-electron chi connectivity index (χ1n) is 6.66. The molecular formula is C14H17F2N3O2. The Bertz CT molecular complexity index is 572. The highest BCUT2D eigenvalue weighted by atomic mass is 19.1. The van der Waals surface area contributed by atoms with Gasteiger partial charge in [0.2, 0.25) is 5.91 Å². The Labute approximate surface area is 121 Å². The van der Waals surface area contributed by atoms with Gasteiger partial charge in [-0.2, -0.15) is 0 Å². The first-order chi connectivity index (χ1) is 9.91. The molecule has 3 N–H and O–H groups in total. The summed E-state index contributed by atoms with van der Waals surface area (Å²) in [6.07, 6.45) is 0.605. The second-order valence-electron chi connectivity index (χ2n) is 5.10. The third-order valence-corrected chi connectivity index (χ3v) is 3.56. The van der Waals surface area contributed by atoms with E-state index in [9.17, 15) is 18.4 Å². The lowest BCUT2D eigenvalue weighted by atomic mass is 10.1. The molecule has 1 unspecified atom stereocenters. The van der Waals surface area contributed by atoms with Crippen LogP contribution in [0.5, 0.6) is 0 Å². The zero-order valence-electron chi connectivity index (χ0n) is 11.7. The summed E-state index contributed by atoms with van der Waals surface area (Å²) in [5, 5.41) is 3.04. The van der Waals surface area contributed by atoms with Crippen molar-refractivity contribution >= 4 is 11.8 Å². The lowest BCUT2D eigenvalue weighted by Gasteiger charge is -2.27. The van der Waals surface area contributed by atoms with Crippen LogP contribution in [-0.2, 0) is 4.79 Å². The SMILES string of the molecule is Cc1ccc(F)c(C(=O)N(CC(N)=O)C2CCNC2)c1F. The molecule has 7 heteroatoms. The molecule has 0 aliphatic carbocycles. The number of rotatable bonds is 4. The quantitative estimate of drug-likeness (QED) is 0.853. The van der Waals surface area contributed by atoms with Crippen LogP contribution in [0.4, 0.5) is 8.78 Å². The lowest BCUT2D eigenvalue weighted by molar-refractivity contribution is -0.119. The molecule has 1 atom stereocenters. The van der Waals surface area contributed by atoms with Crippen molar-refractivity contribution in [2.24, 2.45) is 5.73 Å². The van der Waals surface area contributed by atoms with Gasteiger partial charge in [0, 0.05) is 12.6 Å². The van der Waals surface area contributed by atoms with Crippen LogP contribution in [0.3, 0.4) is 0 Å². The number of primary amides is 1. The average Bonchev–Trinajstić information content (AvgIpc) is 2.94. The highest BCUT2D eigenvalue weighted by Gasteiger charge is 2.31. The topological polar surface area (TPSA) is 75.4 Å². The Morgan fingerprint density at radius 1 is 1.43 bits per heavy atom. The zero-order chi connectivity index (χ0) is 15.6. The summed E-state index contributed by atoms with van der Waals surface area (Å²) in [7, 11) is 0. The van der Waals surface area contributed by atoms with E-state index in [-0.39, 0.29) is 18.2 Å². The molecule has 5 nitrogen and oxygen atoms in total. The number of nitrogens with two attached hydrogens (primary N) is 1. The van der Waals surface area contributed by atoms with E-state index in [0.717, 1.165) is 11.0 Å². The van der Waals surface area contributed by atoms with Gasteiger partial charge in [-0.3, -0.25) is 9.59 Å². The Morgan fingerprint density at radius 2 is 2.14 bits per heavy atom. The summed E-state index contributed by atoms with van der Waals surface area (Å²) < 4.78 is 27.9. The standard InChI is InChI=1S/C14H17F2N3O2/c1-8-2-3-10(15)12(13(8)16)14(21)19(7-11(17)20)9-4-5-18-6-9/h2-3,9,18H,4-7H2,1H3,(H2,17,20). The molecule has 1 aliphatic rings. The molecule has 0 radical (unpaired) electrons. The molecule has 114 valence electrons. The molecule has 0 aromatic heterocycles. The van der Waals surface area contributed by atoms with Crippen LogP contribution < -0.4 is 11.1 Å². The Hall–Kier alpha value is -2.02. The molecule has 0 spiro atoms. The number of hydrogen-bond donors (Lipinski definition) is 2. The van der Waals surface area contributed by atoms with Crippen LogP contribution in [0, 0.1) is 18.6 Å². The predicted octanol–water partition coefficient (Wildman–Crippen LogP) is 0.563. The Morgan fingerprint density at radius 3 is 2.71 bits per heavy atom. The Kier molecular flexibility index (Phi) is 4.52. The third-order valence-electron chi connectivity index (χ3n) is 3.56. The van der Waals surface area contributed by atoms with Crippen LogP contribution in [-0.4, -0.2) is 42.4 Å². The van der Waals surface area contributed by atoms with Gasteiger partial charge in [0.15, 0.2) is 0 Å². The van der Waals surface area contributed by atoms with E-state index in [4.69, 9.17) is 5.73 Å². The van der Waals surface area contributed by atoms with Gasteiger partial charge in [-0.15, -0.1) is 0 Å². The fourth-order valence-corrected chi connectivity index (χ4v) is 2.44. The number of carbonyl (C=O) groups excluding carboxylic acids is 2. The molecule has 21 heavy (non-hydrogen) atoms. The second-order valence-corrected chi connectivity index (χ2v) is 5.10. The molecular weight excluding hydrogens is 280 g/mol. The smallest absolute Gasteiger partial charge is 0.260 e. The van der Waals surface area contributed by atoms with Crippen molar-refractivity contribution < 1.29 is 18.4 Å². The van der Waals surface area contributed by atoms with Gasteiger partial charge >= 0.3 is 0 Å². The first-order valence-corrected chi connectivity index (χ1v) is 6.66. The lowest BCUT2D eigenvalue weighted by Crippen LogP contribution is -2.46. The molecule has 0 saturated carbocycles. The van der Waals surface area contributed by atoms with Crippen molar-refractivity contribution in [2.75, 3.05) is 19.6 Å². The number of carbonyl (C=O) groups is 2. The number of hydrogen-bond acceptors (Lipinski definition) is 3. The minimum atomic E-state index is -0.941. The third kappa shape index (κ3) is 3.18.